The van der Waals surface area contributed by atoms with Gasteiger partial charge in [-0.2, -0.15) is 5.10 Å². The van der Waals surface area contributed by atoms with Gasteiger partial charge in [0.2, 0.25) is 5.91 Å². The van der Waals surface area contributed by atoms with Gasteiger partial charge in [-0.05, 0) is 36.2 Å². The molecule has 4 rings (SSSR count). The lowest BCUT2D eigenvalue weighted by molar-refractivity contribution is -0.116. The summed E-state index contributed by atoms with van der Waals surface area (Å²) >= 11 is 0. The van der Waals surface area contributed by atoms with Crippen molar-refractivity contribution in [2.45, 2.75) is 18.9 Å². The number of aromatic amines is 1. The van der Waals surface area contributed by atoms with Crippen LogP contribution in [0.1, 0.15) is 22.5 Å². The third-order valence-corrected chi connectivity index (χ3v) is 4.14. The van der Waals surface area contributed by atoms with Gasteiger partial charge in [0.15, 0.2) is 0 Å². The van der Waals surface area contributed by atoms with Crippen LogP contribution in [0.5, 0.6) is 5.75 Å². The maximum absolute atomic E-state index is 12.1. The largest absolute Gasteiger partial charge is 0.487 e. The number of nitrogens with one attached hydrogen (secondary N) is 2. The van der Waals surface area contributed by atoms with Crippen LogP contribution in [0.25, 0.3) is 0 Å². The number of hydrogen-bond donors (Lipinski definition) is 2. The highest BCUT2D eigenvalue weighted by Gasteiger charge is 2.33. The number of H-pyrrole nitrogens is 1. The highest BCUT2D eigenvalue weighted by Crippen LogP contribution is 2.28. The Balaban J connectivity index is 1.36. The van der Waals surface area contributed by atoms with Crippen LogP contribution < -0.4 is 10.1 Å². The molecule has 0 bridgehead atoms. The minimum Gasteiger partial charge on any atom is -0.487 e. The van der Waals surface area contributed by atoms with Crippen molar-refractivity contribution in [1.82, 2.24) is 15.1 Å². The van der Waals surface area contributed by atoms with E-state index in [4.69, 9.17) is 4.74 Å². The van der Waals surface area contributed by atoms with E-state index in [9.17, 15) is 9.59 Å². The van der Waals surface area contributed by atoms with E-state index < -0.39 is 0 Å². The number of ether oxygens (including phenoxy) is 1. The van der Waals surface area contributed by atoms with Crippen LogP contribution in [0.15, 0.2) is 30.5 Å². The van der Waals surface area contributed by atoms with Crippen LogP contribution in [0.4, 0.5) is 5.69 Å². The van der Waals surface area contributed by atoms with Crippen LogP contribution in [0.2, 0.25) is 0 Å². The Morgan fingerprint density at radius 2 is 2.13 bits per heavy atom. The number of nitrogens with zero attached hydrogens (tertiary/aromatic N) is 2. The Hall–Kier alpha value is -2.83. The van der Waals surface area contributed by atoms with E-state index in [2.05, 4.69) is 15.5 Å². The first-order chi connectivity index (χ1) is 11.2. The van der Waals surface area contributed by atoms with E-state index >= 15 is 0 Å². The van der Waals surface area contributed by atoms with Gasteiger partial charge in [-0.25, -0.2) is 0 Å². The predicted molar refractivity (Wildman–Crippen MR) is 82.3 cm³/mol. The molecule has 1 saturated heterocycles. The molecule has 118 valence electrons. The lowest BCUT2D eigenvalue weighted by Crippen LogP contribution is -2.56. The zero-order chi connectivity index (χ0) is 15.8. The first-order valence-corrected chi connectivity index (χ1v) is 7.57. The van der Waals surface area contributed by atoms with Crippen molar-refractivity contribution in [3.8, 4) is 5.75 Å². The molecule has 2 aliphatic rings. The van der Waals surface area contributed by atoms with Gasteiger partial charge in [-0.1, -0.05) is 0 Å². The average Bonchev–Trinajstić information content (AvgIpc) is 3.04. The van der Waals surface area contributed by atoms with Crippen LogP contribution in [-0.4, -0.2) is 46.1 Å². The summed E-state index contributed by atoms with van der Waals surface area (Å²) in [5.41, 5.74) is 2.44. The highest BCUT2D eigenvalue weighted by molar-refractivity contribution is 5.94. The number of aryl methyl sites for hydroxylation is 1. The summed E-state index contributed by atoms with van der Waals surface area (Å²) < 4.78 is 5.91. The van der Waals surface area contributed by atoms with Gasteiger partial charge in [-0.15, -0.1) is 0 Å². The molecule has 0 unspecified atom stereocenters. The topological polar surface area (TPSA) is 87.3 Å². The summed E-state index contributed by atoms with van der Waals surface area (Å²) in [6.07, 6.45) is 2.80. The zero-order valence-electron chi connectivity index (χ0n) is 12.4. The molecule has 0 aliphatic carbocycles. The van der Waals surface area contributed by atoms with Gasteiger partial charge in [0.05, 0.1) is 13.1 Å². The molecule has 2 N–H and O–H groups in total. The number of benzene rings is 1. The molecule has 0 radical (unpaired) electrons. The van der Waals surface area contributed by atoms with E-state index in [1.54, 1.807) is 17.2 Å². The van der Waals surface area contributed by atoms with Crippen molar-refractivity contribution in [2.75, 3.05) is 18.4 Å². The second-order valence-electron chi connectivity index (χ2n) is 5.79. The number of likely N-dealkylation sites (tertiary alicyclic amines) is 1. The zero-order valence-corrected chi connectivity index (χ0v) is 12.4. The molecule has 2 aromatic rings. The van der Waals surface area contributed by atoms with Crippen LogP contribution in [0, 0.1) is 0 Å². The third kappa shape index (κ3) is 2.65. The quantitative estimate of drug-likeness (QED) is 0.891. The highest BCUT2D eigenvalue weighted by atomic mass is 16.5. The second-order valence-corrected chi connectivity index (χ2v) is 5.79. The maximum Gasteiger partial charge on any atom is 0.272 e. The van der Waals surface area contributed by atoms with Crippen molar-refractivity contribution in [3.63, 3.8) is 0 Å². The molecule has 1 aromatic carbocycles. The average molecular weight is 312 g/mol. The molecule has 1 fully saturated rings. The van der Waals surface area contributed by atoms with Crippen LogP contribution in [-0.2, 0) is 11.2 Å². The van der Waals surface area contributed by atoms with Gasteiger partial charge in [0.25, 0.3) is 5.91 Å². The summed E-state index contributed by atoms with van der Waals surface area (Å²) in [5, 5.41) is 9.30. The summed E-state index contributed by atoms with van der Waals surface area (Å²) in [6.45, 7) is 1.12. The molecule has 0 saturated carbocycles. The Labute approximate surface area is 132 Å². The van der Waals surface area contributed by atoms with E-state index in [1.807, 2.05) is 18.2 Å². The van der Waals surface area contributed by atoms with E-state index in [-0.39, 0.29) is 17.9 Å². The van der Waals surface area contributed by atoms with Crippen molar-refractivity contribution in [3.05, 3.63) is 41.7 Å². The molecule has 7 heteroatoms. The van der Waals surface area contributed by atoms with Crippen LogP contribution in [0.3, 0.4) is 0 Å². The van der Waals surface area contributed by atoms with Crippen molar-refractivity contribution in [2.24, 2.45) is 0 Å². The molecule has 2 amide bonds. The number of hydrogen-bond acceptors (Lipinski definition) is 4. The lowest BCUT2D eigenvalue weighted by atomic mass is 10.0. The Bertz CT molecular complexity index is 751. The van der Waals surface area contributed by atoms with Crippen molar-refractivity contribution < 1.29 is 14.3 Å². The molecule has 1 aromatic heterocycles. The number of carbonyl (C=O) groups excluding carboxylic acids is 2. The minimum atomic E-state index is -0.0597. The Kier molecular flexibility index (Phi) is 3.25. The first kappa shape index (κ1) is 13.8. The number of carbonyl (C=O) groups is 2. The fourth-order valence-corrected chi connectivity index (χ4v) is 2.85. The summed E-state index contributed by atoms with van der Waals surface area (Å²) in [5.74, 6) is 0.771. The number of anilines is 1. The minimum absolute atomic E-state index is 0.00176. The van der Waals surface area contributed by atoms with Gasteiger partial charge in [-0.3, -0.25) is 14.7 Å². The molecule has 7 nitrogen and oxygen atoms in total. The SMILES string of the molecule is O=C1CCc2cc(OC3CN(C(=O)c4ccn[nH]4)C3)ccc2N1. The van der Waals surface area contributed by atoms with E-state index in [1.165, 1.54) is 0 Å². The number of fused-ring (bicyclic) bond motifs is 1. The fraction of sp³-hybridized carbons (Fsp3) is 0.312. The molecule has 0 atom stereocenters. The first-order valence-electron chi connectivity index (χ1n) is 7.57. The number of aromatic nitrogens is 2. The Morgan fingerprint density at radius 1 is 1.26 bits per heavy atom. The molecule has 0 spiro atoms. The maximum atomic E-state index is 12.1. The molecular weight excluding hydrogens is 296 g/mol. The van der Waals surface area contributed by atoms with Crippen LogP contribution >= 0.6 is 0 Å². The number of rotatable bonds is 3. The summed E-state index contributed by atoms with van der Waals surface area (Å²) in [4.78, 5) is 25.1. The Morgan fingerprint density at radius 3 is 2.91 bits per heavy atom. The molecule has 23 heavy (non-hydrogen) atoms. The normalized spacial score (nSPS) is 17.2. The van der Waals surface area contributed by atoms with Gasteiger partial charge in [0.1, 0.15) is 17.5 Å². The van der Waals surface area contributed by atoms with Crippen molar-refractivity contribution >= 4 is 17.5 Å². The van der Waals surface area contributed by atoms with Gasteiger partial charge >= 0.3 is 0 Å². The summed E-state index contributed by atoms with van der Waals surface area (Å²) in [6, 6.07) is 7.35. The van der Waals surface area contributed by atoms with E-state index in [0.29, 0.717) is 25.2 Å². The smallest absolute Gasteiger partial charge is 0.272 e. The third-order valence-electron chi connectivity index (χ3n) is 4.14. The monoisotopic (exact) mass is 312 g/mol. The molecule has 2 aliphatic heterocycles. The molecule has 3 heterocycles. The number of amides is 2. The predicted octanol–water partition coefficient (Wildman–Crippen LogP) is 1.20. The molecular formula is C16H16N4O3. The van der Waals surface area contributed by atoms with E-state index in [0.717, 1.165) is 23.4 Å². The van der Waals surface area contributed by atoms with Gasteiger partial charge < -0.3 is 15.0 Å². The fourth-order valence-electron chi connectivity index (χ4n) is 2.85. The van der Waals surface area contributed by atoms with Gasteiger partial charge in [0, 0.05) is 18.3 Å². The second kappa shape index (κ2) is 5.42. The lowest BCUT2D eigenvalue weighted by Gasteiger charge is -2.38. The van der Waals surface area contributed by atoms with Crippen molar-refractivity contribution in [1.29, 1.82) is 0 Å². The standard InChI is InChI=1S/C16H16N4O3/c21-15-4-1-10-7-11(2-3-13(10)18-15)23-12-8-20(9-12)16(22)14-5-6-17-19-14/h2-3,5-7,12H,1,4,8-9H2,(H,17,19)(H,18,21). The summed E-state index contributed by atoms with van der Waals surface area (Å²) in [7, 11) is 0.